The molecule has 7 heteroatoms. The van der Waals surface area contributed by atoms with Crippen LogP contribution in [0.4, 0.5) is 0 Å². The summed E-state index contributed by atoms with van der Waals surface area (Å²) in [4.78, 5) is 29.2. The van der Waals surface area contributed by atoms with Gasteiger partial charge in [0.2, 0.25) is 5.76 Å². The smallest absolute Gasteiger partial charge is 0.290 e. The number of benzene rings is 2. The summed E-state index contributed by atoms with van der Waals surface area (Å²) in [6.45, 7) is 0.742. The molecule has 0 bridgehead atoms. The summed E-state index contributed by atoms with van der Waals surface area (Å²) in [6.07, 6.45) is 2.01. The monoisotopic (exact) mass is 459 g/mol. The van der Waals surface area contributed by atoms with Crippen LogP contribution in [-0.2, 0) is 4.74 Å². The molecule has 0 radical (unpaired) electrons. The van der Waals surface area contributed by atoms with Crippen LogP contribution in [0, 0.1) is 0 Å². The van der Waals surface area contributed by atoms with Gasteiger partial charge in [-0.15, -0.1) is 11.8 Å². The quantitative estimate of drug-likeness (QED) is 0.526. The third-order valence-corrected chi connectivity index (χ3v) is 6.13. The van der Waals surface area contributed by atoms with Crippen LogP contribution in [0.2, 0.25) is 0 Å². The molecule has 2 aromatic carbocycles. The van der Waals surface area contributed by atoms with Gasteiger partial charge < -0.3 is 14.1 Å². The predicted octanol–water partition coefficient (Wildman–Crippen LogP) is 4.47. The van der Waals surface area contributed by atoms with Crippen molar-refractivity contribution in [2.45, 2.75) is 10.9 Å². The van der Waals surface area contributed by atoms with Gasteiger partial charge in [0, 0.05) is 23.0 Å². The number of amides is 1. The molecule has 0 spiro atoms. The number of thioether (sulfide) groups is 1. The number of hydrogen-bond donors (Lipinski definition) is 0. The number of fused-ring (bicyclic) bond motifs is 2. The standard InChI is InChI=1S/C21H18BrNO4S/c1-26-10-9-23-18(12-3-6-14(28-2)7-4-12)17-19(24)15-11-13(22)5-8-16(15)27-20(17)21(23)25/h3-8,11,18H,9-10H2,1-2H3. The van der Waals surface area contributed by atoms with Gasteiger partial charge in [0.05, 0.1) is 23.6 Å². The SMILES string of the molecule is COCCN1C(=O)c2oc3ccc(Br)cc3c(=O)c2C1c1ccc(SC)cc1. The van der Waals surface area contributed by atoms with E-state index in [9.17, 15) is 9.59 Å². The van der Waals surface area contributed by atoms with Crippen LogP contribution in [0.3, 0.4) is 0 Å². The summed E-state index contributed by atoms with van der Waals surface area (Å²) >= 11 is 5.05. The third-order valence-electron chi connectivity index (χ3n) is 4.90. The number of carbonyl (C=O) groups excluding carboxylic acids is 1. The van der Waals surface area contributed by atoms with Crippen LogP contribution in [0.15, 0.2) is 61.0 Å². The normalized spacial score (nSPS) is 16.0. The Morgan fingerprint density at radius 2 is 1.93 bits per heavy atom. The number of nitrogens with zero attached hydrogens (tertiary/aromatic N) is 1. The number of rotatable bonds is 5. The average Bonchev–Trinajstić information content (AvgIpc) is 2.99. The van der Waals surface area contributed by atoms with Gasteiger partial charge in [-0.05, 0) is 42.2 Å². The molecule has 5 nitrogen and oxygen atoms in total. The van der Waals surface area contributed by atoms with Crippen molar-refractivity contribution in [1.82, 2.24) is 4.90 Å². The van der Waals surface area contributed by atoms with Gasteiger partial charge in [-0.25, -0.2) is 0 Å². The van der Waals surface area contributed by atoms with Gasteiger partial charge in [0.25, 0.3) is 5.91 Å². The van der Waals surface area contributed by atoms with E-state index in [1.165, 1.54) is 0 Å². The highest BCUT2D eigenvalue weighted by atomic mass is 79.9. The van der Waals surface area contributed by atoms with Gasteiger partial charge >= 0.3 is 0 Å². The van der Waals surface area contributed by atoms with E-state index in [1.54, 1.807) is 42.0 Å². The Bertz CT molecular complexity index is 1110. The lowest BCUT2D eigenvalue weighted by atomic mass is 9.98. The fourth-order valence-electron chi connectivity index (χ4n) is 3.55. The average molecular weight is 460 g/mol. The van der Waals surface area contributed by atoms with Crippen LogP contribution in [0.5, 0.6) is 0 Å². The molecular weight excluding hydrogens is 442 g/mol. The molecule has 1 unspecified atom stereocenters. The molecule has 1 aromatic heterocycles. The zero-order chi connectivity index (χ0) is 19.8. The van der Waals surface area contributed by atoms with Gasteiger partial charge in [-0.3, -0.25) is 9.59 Å². The Hall–Kier alpha value is -2.09. The summed E-state index contributed by atoms with van der Waals surface area (Å²) in [5.74, 6) is -0.164. The molecule has 144 valence electrons. The molecule has 0 fully saturated rings. The number of halogens is 1. The molecule has 0 saturated carbocycles. The zero-order valence-corrected chi connectivity index (χ0v) is 17.8. The predicted molar refractivity (Wildman–Crippen MR) is 113 cm³/mol. The second kappa shape index (κ2) is 7.73. The molecule has 28 heavy (non-hydrogen) atoms. The number of carbonyl (C=O) groups is 1. The van der Waals surface area contributed by atoms with Crippen molar-refractivity contribution in [2.24, 2.45) is 0 Å². The summed E-state index contributed by atoms with van der Waals surface area (Å²) < 4.78 is 11.9. The molecule has 2 heterocycles. The van der Waals surface area contributed by atoms with Gasteiger partial charge in [0.15, 0.2) is 5.43 Å². The van der Waals surface area contributed by atoms with Crippen LogP contribution < -0.4 is 5.43 Å². The minimum absolute atomic E-state index is 0.120. The number of hydrogen-bond acceptors (Lipinski definition) is 5. The topological polar surface area (TPSA) is 59.8 Å². The van der Waals surface area contributed by atoms with Crippen molar-refractivity contribution in [3.63, 3.8) is 0 Å². The molecule has 1 aliphatic heterocycles. The van der Waals surface area contributed by atoms with E-state index < -0.39 is 6.04 Å². The Labute approximate surface area is 174 Å². The lowest BCUT2D eigenvalue weighted by Gasteiger charge is -2.24. The van der Waals surface area contributed by atoms with E-state index in [4.69, 9.17) is 9.15 Å². The van der Waals surface area contributed by atoms with E-state index in [2.05, 4.69) is 15.9 Å². The van der Waals surface area contributed by atoms with Crippen LogP contribution >= 0.6 is 27.7 Å². The van der Waals surface area contributed by atoms with Gasteiger partial charge in [0.1, 0.15) is 5.58 Å². The van der Waals surface area contributed by atoms with E-state index in [-0.39, 0.29) is 17.1 Å². The van der Waals surface area contributed by atoms with Crippen molar-refractivity contribution in [2.75, 3.05) is 26.5 Å². The molecule has 1 aliphatic rings. The molecule has 1 atom stereocenters. The second-order valence-electron chi connectivity index (χ2n) is 6.48. The first kappa shape index (κ1) is 19.2. The molecule has 0 aliphatic carbocycles. The number of ether oxygens (including phenoxy) is 1. The summed E-state index contributed by atoms with van der Waals surface area (Å²) in [7, 11) is 1.59. The first-order chi connectivity index (χ1) is 13.5. The highest BCUT2D eigenvalue weighted by Crippen LogP contribution is 2.38. The van der Waals surface area contributed by atoms with Crippen molar-refractivity contribution in [3.8, 4) is 0 Å². The molecular formula is C21H18BrNO4S. The van der Waals surface area contributed by atoms with Gasteiger partial charge in [-0.2, -0.15) is 0 Å². The molecule has 1 amide bonds. The largest absolute Gasteiger partial charge is 0.450 e. The van der Waals surface area contributed by atoms with Crippen molar-refractivity contribution < 1.29 is 13.9 Å². The highest BCUT2D eigenvalue weighted by Gasteiger charge is 2.42. The molecule has 0 N–H and O–H groups in total. The Morgan fingerprint density at radius 1 is 1.18 bits per heavy atom. The Morgan fingerprint density at radius 3 is 2.61 bits per heavy atom. The molecule has 0 saturated heterocycles. The second-order valence-corrected chi connectivity index (χ2v) is 8.28. The molecule has 4 rings (SSSR count). The zero-order valence-electron chi connectivity index (χ0n) is 15.4. The Kier molecular flexibility index (Phi) is 5.31. The van der Waals surface area contributed by atoms with Crippen molar-refractivity contribution in [3.05, 3.63) is 74.0 Å². The first-order valence-electron chi connectivity index (χ1n) is 8.75. The minimum atomic E-state index is -0.492. The Balaban J connectivity index is 1.94. The lowest BCUT2D eigenvalue weighted by molar-refractivity contribution is 0.0663. The summed E-state index contributed by atoms with van der Waals surface area (Å²) in [5.41, 5.74) is 1.50. The fraction of sp³-hybridized carbons (Fsp3) is 0.238. The highest BCUT2D eigenvalue weighted by molar-refractivity contribution is 9.10. The van der Waals surface area contributed by atoms with Gasteiger partial charge in [-0.1, -0.05) is 28.1 Å². The van der Waals surface area contributed by atoms with E-state index in [1.807, 2.05) is 30.5 Å². The maximum absolute atomic E-state index is 13.3. The van der Waals surface area contributed by atoms with E-state index in [0.29, 0.717) is 29.7 Å². The maximum atomic E-state index is 13.3. The summed E-state index contributed by atoms with van der Waals surface area (Å²) in [6, 6.07) is 12.6. The number of methoxy groups -OCH3 is 1. The van der Waals surface area contributed by atoms with E-state index in [0.717, 1.165) is 14.9 Å². The minimum Gasteiger partial charge on any atom is -0.450 e. The molecule has 3 aromatic rings. The van der Waals surface area contributed by atoms with Crippen LogP contribution in [0.25, 0.3) is 11.0 Å². The van der Waals surface area contributed by atoms with Crippen LogP contribution in [0.1, 0.15) is 27.7 Å². The first-order valence-corrected chi connectivity index (χ1v) is 10.8. The van der Waals surface area contributed by atoms with Crippen molar-refractivity contribution in [1.29, 1.82) is 0 Å². The fourth-order valence-corrected chi connectivity index (χ4v) is 4.31. The van der Waals surface area contributed by atoms with Crippen molar-refractivity contribution >= 4 is 44.6 Å². The third kappa shape index (κ3) is 3.17. The lowest BCUT2D eigenvalue weighted by Crippen LogP contribution is -2.32. The summed E-state index contributed by atoms with van der Waals surface area (Å²) in [5, 5.41) is 0.459. The maximum Gasteiger partial charge on any atom is 0.290 e. The van der Waals surface area contributed by atoms with E-state index >= 15 is 0 Å². The van der Waals surface area contributed by atoms with Crippen LogP contribution in [-0.4, -0.2) is 37.3 Å².